The van der Waals surface area contributed by atoms with Gasteiger partial charge in [-0.2, -0.15) is 4.79 Å². The second-order valence-corrected chi connectivity index (χ2v) is 18.0. The van der Waals surface area contributed by atoms with Crippen molar-refractivity contribution in [1.29, 1.82) is 0 Å². The minimum Gasteiger partial charge on any atom is -0.444 e. The zero-order chi connectivity index (χ0) is 43.8. The number of hydrogen-bond acceptors (Lipinski definition) is 13. The predicted octanol–water partition coefficient (Wildman–Crippen LogP) is 9.28. The standard InChI is InChI=1S/C18H20N2O2S.C17H20N2O3S.C5H9N2O4P/c1-6-15-16(23-11-19-15)14-9-7-13(8-10-14)12(2)20-17(21)22-18(3,4)5;1-11(19-16(21)22-17(2,3)4)12-5-7-13(8-6-12)15-14(9-20)18-10-23-15;1-4(8)5(7-6)12(9,10-2)11-3/h1,7-12H,2-5H3,(H,20,21);5-11H,1-4H3,(H,19,21);1-3H3/t12-;11-;/m00./s1. The number of alkyl carbamates (subject to hydrolysis) is 2. The Bertz CT molecular complexity index is 2150. The van der Waals surface area contributed by atoms with E-state index in [1.165, 1.54) is 22.7 Å². The predicted molar refractivity (Wildman–Crippen MR) is 225 cm³/mol. The number of terminal acetylenes is 1. The molecule has 0 radical (unpaired) electrons. The number of aldehydes is 1. The molecule has 0 aliphatic carbocycles. The number of aromatic nitrogens is 2. The average Bonchev–Trinajstić information content (AvgIpc) is 3.84. The molecule has 0 bridgehead atoms. The lowest BCUT2D eigenvalue weighted by atomic mass is 10.0. The molecule has 2 aromatic heterocycles. The number of ketones is 1. The molecule has 0 aliphatic rings. The number of carbonyl (C=O) groups excluding carboxylic acids is 4. The Morgan fingerprint density at radius 1 is 0.810 bits per heavy atom. The van der Waals surface area contributed by atoms with Gasteiger partial charge in [0.1, 0.15) is 22.6 Å². The van der Waals surface area contributed by atoms with Gasteiger partial charge in [-0.05, 0) is 83.6 Å². The second kappa shape index (κ2) is 22.0. The molecule has 0 aliphatic heterocycles. The van der Waals surface area contributed by atoms with Crippen LogP contribution in [0.4, 0.5) is 9.59 Å². The zero-order valence-corrected chi connectivity index (χ0v) is 36.8. The minimum atomic E-state index is -3.70. The van der Waals surface area contributed by atoms with Crippen LogP contribution in [0, 0.1) is 12.3 Å². The Morgan fingerprint density at radius 3 is 1.57 bits per heavy atom. The summed E-state index contributed by atoms with van der Waals surface area (Å²) >= 11 is 2.94. The van der Waals surface area contributed by atoms with Crippen molar-refractivity contribution in [3.63, 3.8) is 0 Å². The molecule has 2 amide bonds. The highest BCUT2D eigenvalue weighted by Gasteiger charge is 2.41. The third-order valence-electron chi connectivity index (χ3n) is 7.37. The third-order valence-corrected chi connectivity index (χ3v) is 11.0. The molecule has 310 valence electrons. The van der Waals surface area contributed by atoms with E-state index in [9.17, 15) is 23.7 Å². The zero-order valence-electron chi connectivity index (χ0n) is 34.3. The van der Waals surface area contributed by atoms with E-state index >= 15 is 0 Å². The number of ether oxygens (including phenoxy) is 2. The highest BCUT2D eigenvalue weighted by atomic mass is 32.1. The van der Waals surface area contributed by atoms with Crippen molar-refractivity contribution in [2.24, 2.45) is 0 Å². The van der Waals surface area contributed by atoms with Gasteiger partial charge in [-0.15, -0.1) is 29.1 Å². The van der Waals surface area contributed by atoms with Gasteiger partial charge in [-0.25, -0.2) is 24.1 Å². The van der Waals surface area contributed by atoms with E-state index < -0.39 is 42.2 Å². The van der Waals surface area contributed by atoms with Crippen LogP contribution in [0.1, 0.15) is 102 Å². The first-order valence-corrected chi connectivity index (χ1v) is 20.9. The molecule has 18 heteroatoms. The summed E-state index contributed by atoms with van der Waals surface area (Å²) < 4.78 is 30.7. The first kappa shape index (κ1) is 48.8. The van der Waals surface area contributed by atoms with Crippen LogP contribution in [0.2, 0.25) is 0 Å². The van der Waals surface area contributed by atoms with Gasteiger partial charge in [0.05, 0.1) is 32.9 Å². The van der Waals surface area contributed by atoms with Crippen LogP contribution in [-0.2, 0) is 27.9 Å². The number of nitrogens with one attached hydrogen (secondary N) is 2. The third kappa shape index (κ3) is 15.2. The van der Waals surface area contributed by atoms with Crippen molar-refractivity contribution in [3.05, 3.63) is 87.6 Å². The molecule has 0 fully saturated rings. The Labute approximate surface area is 347 Å². The minimum absolute atomic E-state index is 0.146. The summed E-state index contributed by atoms with van der Waals surface area (Å²) in [5.41, 5.74) is 15.1. The van der Waals surface area contributed by atoms with Gasteiger partial charge >= 0.3 is 25.2 Å². The monoisotopic (exact) mass is 852 g/mol. The van der Waals surface area contributed by atoms with Gasteiger partial charge in [0.2, 0.25) is 5.78 Å². The molecule has 15 nitrogen and oxygen atoms in total. The summed E-state index contributed by atoms with van der Waals surface area (Å²) in [5.74, 6) is 1.92. The lowest BCUT2D eigenvalue weighted by Gasteiger charge is -2.22. The van der Waals surface area contributed by atoms with E-state index in [2.05, 4.69) is 40.4 Å². The molecule has 2 aromatic carbocycles. The van der Waals surface area contributed by atoms with Crippen LogP contribution < -0.4 is 10.6 Å². The van der Waals surface area contributed by atoms with E-state index in [-0.39, 0.29) is 12.1 Å². The fraction of sp³-hybridized carbons (Fsp3) is 0.375. The maximum atomic E-state index is 11.8. The normalized spacial score (nSPS) is 12.0. The fourth-order valence-electron chi connectivity index (χ4n) is 4.66. The molecule has 0 spiro atoms. The van der Waals surface area contributed by atoms with E-state index in [4.69, 9.17) is 21.4 Å². The SMILES string of the molecule is C#Cc1ncsc1-c1ccc([C@H](C)NC(=O)OC(C)(C)C)cc1.COP(=O)(OC)C(=[N+]=[N-])C(C)=O.C[C@H](NC(=O)OC(C)(C)C)c1ccc(-c2scnc2C=O)cc1. The van der Waals surface area contributed by atoms with Crippen molar-refractivity contribution < 1.29 is 47.1 Å². The van der Waals surface area contributed by atoms with Gasteiger partial charge in [0, 0.05) is 21.1 Å². The molecule has 2 heterocycles. The Morgan fingerprint density at radius 2 is 1.22 bits per heavy atom. The molecule has 0 unspecified atom stereocenters. The van der Waals surface area contributed by atoms with E-state index in [1.54, 1.807) is 11.0 Å². The number of nitrogens with zero attached hydrogens (tertiary/aromatic N) is 4. The highest BCUT2D eigenvalue weighted by molar-refractivity contribution is 7.74. The maximum absolute atomic E-state index is 11.8. The molecule has 4 rings (SSSR count). The molecule has 2 N–H and O–H groups in total. The lowest BCUT2D eigenvalue weighted by Crippen LogP contribution is -2.34. The number of hydrogen-bond donors (Lipinski definition) is 2. The van der Waals surface area contributed by atoms with Gasteiger partial charge in [-0.1, -0.05) is 48.5 Å². The van der Waals surface area contributed by atoms with Crippen LogP contribution in [0.15, 0.2) is 59.6 Å². The summed E-state index contributed by atoms with van der Waals surface area (Å²) in [4.78, 5) is 57.8. The maximum Gasteiger partial charge on any atom is 0.446 e. The highest BCUT2D eigenvalue weighted by Crippen LogP contribution is 2.47. The van der Waals surface area contributed by atoms with Crippen molar-refractivity contribution >= 4 is 60.0 Å². The first-order chi connectivity index (χ1) is 27.1. The number of rotatable bonds is 11. The summed E-state index contributed by atoms with van der Waals surface area (Å²) in [6.07, 6.45) is 5.34. The number of amides is 2. The van der Waals surface area contributed by atoms with Crippen LogP contribution in [0.5, 0.6) is 0 Å². The lowest BCUT2D eigenvalue weighted by molar-refractivity contribution is -0.114. The van der Waals surface area contributed by atoms with Crippen LogP contribution in [0.3, 0.4) is 0 Å². The fourth-order valence-corrected chi connectivity index (χ4v) is 7.17. The van der Waals surface area contributed by atoms with Gasteiger partial charge in [0.15, 0.2) is 6.29 Å². The molecule has 2 atom stereocenters. The van der Waals surface area contributed by atoms with E-state index in [0.29, 0.717) is 11.4 Å². The molecule has 58 heavy (non-hydrogen) atoms. The van der Waals surface area contributed by atoms with Gasteiger partial charge in [-0.3, -0.25) is 9.59 Å². The van der Waals surface area contributed by atoms with Crippen LogP contribution >= 0.6 is 30.3 Å². The molecular formula is C40H49N6O9PS2. The van der Waals surface area contributed by atoms with Crippen molar-refractivity contribution in [2.45, 2.75) is 85.6 Å². The smallest absolute Gasteiger partial charge is 0.444 e. The van der Waals surface area contributed by atoms with E-state index in [0.717, 1.165) is 59.4 Å². The summed E-state index contributed by atoms with van der Waals surface area (Å²) in [6.45, 7) is 15.9. The Balaban J connectivity index is 0.000000317. The molecular weight excluding hydrogens is 804 g/mol. The van der Waals surface area contributed by atoms with Crippen LogP contribution in [0.25, 0.3) is 26.4 Å². The first-order valence-electron chi connectivity index (χ1n) is 17.5. The topological polar surface area (TPSA) is 209 Å². The van der Waals surface area contributed by atoms with E-state index in [1.807, 2.05) is 104 Å². The van der Waals surface area contributed by atoms with Crippen molar-refractivity contribution in [3.8, 4) is 33.2 Å². The largest absolute Gasteiger partial charge is 0.446 e. The van der Waals surface area contributed by atoms with Gasteiger partial charge < -0.3 is 34.7 Å². The number of benzene rings is 2. The summed E-state index contributed by atoms with van der Waals surface area (Å²) in [5, 5.41) is 5.63. The number of carbonyl (C=O) groups is 4. The molecule has 4 aromatic rings. The van der Waals surface area contributed by atoms with Gasteiger partial charge in [0.25, 0.3) is 0 Å². The quantitative estimate of drug-likeness (QED) is 0.0363. The van der Waals surface area contributed by atoms with Crippen molar-refractivity contribution in [1.82, 2.24) is 20.6 Å². The van der Waals surface area contributed by atoms with Crippen molar-refractivity contribution in [2.75, 3.05) is 14.2 Å². The summed E-state index contributed by atoms with van der Waals surface area (Å²) in [6, 6.07) is 15.3. The molecule has 0 saturated carbocycles. The Kier molecular flexibility index (Phi) is 18.5. The molecule has 0 saturated heterocycles. The van der Waals surface area contributed by atoms with Crippen LogP contribution in [-0.4, -0.2) is 69.9 Å². The number of thiazole rings is 2. The Hall–Kier alpha value is -5.33. The second-order valence-electron chi connectivity index (χ2n) is 14.2. The number of Topliss-reactive ketones (excluding diaryl/α,β-unsaturated/α-hetero) is 1. The summed E-state index contributed by atoms with van der Waals surface area (Å²) in [7, 11) is -1.51. The average molecular weight is 853 g/mol.